The Hall–Kier alpha value is -2.61. The molecule has 23 heavy (non-hydrogen) atoms. The van der Waals surface area contributed by atoms with Gasteiger partial charge in [-0.2, -0.15) is 10.4 Å². The van der Waals surface area contributed by atoms with Crippen LogP contribution < -0.4 is 10.3 Å². The molecule has 0 spiro atoms. The van der Waals surface area contributed by atoms with Crippen LogP contribution in [0.1, 0.15) is 41.8 Å². The molecule has 2 rings (SSSR count). The first-order valence-corrected chi connectivity index (χ1v) is 7.72. The highest BCUT2D eigenvalue weighted by molar-refractivity contribution is 5.39. The summed E-state index contributed by atoms with van der Waals surface area (Å²) in [6.45, 7) is 6.20. The summed E-state index contributed by atoms with van der Waals surface area (Å²) in [4.78, 5) is 12.5. The van der Waals surface area contributed by atoms with Crippen molar-refractivity contribution < 1.29 is 4.74 Å². The second-order valence-electron chi connectivity index (χ2n) is 5.39. The summed E-state index contributed by atoms with van der Waals surface area (Å²) >= 11 is 0. The molecule has 0 aliphatic heterocycles. The zero-order valence-electron chi connectivity index (χ0n) is 14.0. The Labute approximate surface area is 136 Å². The first-order valence-electron chi connectivity index (χ1n) is 7.72. The average Bonchev–Trinajstić information content (AvgIpc) is 2.57. The van der Waals surface area contributed by atoms with E-state index >= 15 is 0 Å². The number of aromatic nitrogens is 2. The Kier molecular flexibility index (Phi) is 5.17. The molecule has 0 unspecified atom stereocenters. The number of nitriles is 1. The maximum atomic E-state index is 12.5. The molecule has 5 heteroatoms. The number of methoxy groups -OCH3 is 1. The lowest BCUT2D eigenvalue weighted by Crippen LogP contribution is -2.29. The van der Waals surface area contributed by atoms with Gasteiger partial charge in [0.25, 0.3) is 5.56 Å². The molecule has 1 heterocycles. The van der Waals surface area contributed by atoms with Crippen LogP contribution in [0, 0.1) is 18.3 Å². The molecule has 120 valence electrons. The molecule has 0 fully saturated rings. The molecule has 0 bridgehead atoms. The van der Waals surface area contributed by atoms with E-state index in [2.05, 4.69) is 5.10 Å². The molecule has 0 N–H and O–H groups in total. The SMILES string of the molecule is CCc1nn(Cc2ccc(C)c(OC)c2)c(=O)c(C#N)c1CC. The molecule has 1 aromatic heterocycles. The first-order chi connectivity index (χ1) is 11.0. The maximum Gasteiger partial charge on any atom is 0.285 e. The van der Waals surface area contributed by atoms with Crippen molar-refractivity contribution in [1.29, 1.82) is 5.26 Å². The third-order valence-corrected chi connectivity index (χ3v) is 3.94. The minimum absolute atomic E-state index is 0.207. The van der Waals surface area contributed by atoms with Gasteiger partial charge in [0.1, 0.15) is 17.4 Å². The van der Waals surface area contributed by atoms with E-state index in [1.165, 1.54) is 4.68 Å². The predicted octanol–water partition coefficient (Wildman–Crippen LogP) is 2.61. The number of hydrogen-bond acceptors (Lipinski definition) is 4. The van der Waals surface area contributed by atoms with Crippen LogP contribution in [-0.4, -0.2) is 16.9 Å². The van der Waals surface area contributed by atoms with Crippen LogP contribution in [-0.2, 0) is 19.4 Å². The molecule has 1 aromatic carbocycles. The van der Waals surface area contributed by atoms with Crippen LogP contribution >= 0.6 is 0 Å². The number of benzene rings is 1. The second kappa shape index (κ2) is 7.10. The average molecular weight is 311 g/mol. The van der Waals surface area contributed by atoms with Gasteiger partial charge >= 0.3 is 0 Å². The molecule has 2 aromatic rings. The van der Waals surface area contributed by atoms with E-state index in [1.54, 1.807) is 7.11 Å². The fourth-order valence-electron chi connectivity index (χ4n) is 2.68. The van der Waals surface area contributed by atoms with E-state index in [4.69, 9.17) is 4.74 Å². The molecule has 0 saturated carbocycles. The fraction of sp³-hybridized carbons (Fsp3) is 0.389. The summed E-state index contributed by atoms with van der Waals surface area (Å²) in [5, 5.41) is 13.8. The normalized spacial score (nSPS) is 10.4. The van der Waals surface area contributed by atoms with Crippen molar-refractivity contribution in [2.45, 2.75) is 40.2 Å². The Morgan fingerprint density at radius 3 is 2.61 bits per heavy atom. The van der Waals surface area contributed by atoms with Crippen molar-refractivity contribution in [1.82, 2.24) is 9.78 Å². The maximum absolute atomic E-state index is 12.5. The molecule has 0 atom stereocenters. The van der Waals surface area contributed by atoms with E-state index in [0.717, 1.165) is 28.1 Å². The Morgan fingerprint density at radius 2 is 2.04 bits per heavy atom. The lowest BCUT2D eigenvalue weighted by molar-refractivity contribution is 0.411. The van der Waals surface area contributed by atoms with Gasteiger partial charge in [-0.25, -0.2) is 4.68 Å². The van der Waals surface area contributed by atoms with E-state index in [9.17, 15) is 10.1 Å². The molecule has 0 amide bonds. The lowest BCUT2D eigenvalue weighted by Gasteiger charge is -2.13. The highest BCUT2D eigenvalue weighted by Crippen LogP contribution is 2.19. The zero-order chi connectivity index (χ0) is 17.0. The summed E-state index contributed by atoms with van der Waals surface area (Å²) in [5.74, 6) is 0.775. The van der Waals surface area contributed by atoms with E-state index < -0.39 is 0 Å². The fourth-order valence-corrected chi connectivity index (χ4v) is 2.68. The molecule has 0 radical (unpaired) electrons. The summed E-state index contributed by atoms with van der Waals surface area (Å²) in [6, 6.07) is 7.84. The van der Waals surface area contributed by atoms with Crippen molar-refractivity contribution in [2.75, 3.05) is 7.11 Å². The van der Waals surface area contributed by atoms with Gasteiger partial charge in [-0.05, 0) is 42.5 Å². The standard InChI is InChI=1S/C18H21N3O2/c1-5-14-15(10-19)18(22)21(20-16(14)6-2)11-13-8-7-12(3)17(9-13)23-4/h7-9H,5-6,11H2,1-4H3. The lowest BCUT2D eigenvalue weighted by atomic mass is 10.0. The van der Waals surface area contributed by atoms with Crippen LogP contribution in [0.15, 0.2) is 23.0 Å². The summed E-state index contributed by atoms with van der Waals surface area (Å²) in [5.41, 5.74) is 3.39. The first kappa shape index (κ1) is 16.8. The molecule has 0 aliphatic carbocycles. The Balaban J connectivity index is 2.53. The number of ether oxygens (including phenoxy) is 1. The quantitative estimate of drug-likeness (QED) is 0.851. The van der Waals surface area contributed by atoms with Gasteiger partial charge in [0.05, 0.1) is 19.3 Å². The van der Waals surface area contributed by atoms with Crippen LogP contribution in [0.25, 0.3) is 0 Å². The van der Waals surface area contributed by atoms with Crippen LogP contribution in [0.5, 0.6) is 5.75 Å². The van der Waals surface area contributed by atoms with Gasteiger partial charge in [0.2, 0.25) is 0 Å². The number of rotatable bonds is 5. The van der Waals surface area contributed by atoms with Crippen LogP contribution in [0.2, 0.25) is 0 Å². The van der Waals surface area contributed by atoms with Gasteiger partial charge in [0, 0.05) is 0 Å². The van der Waals surface area contributed by atoms with Crippen molar-refractivity contribution in [3.63, 3.8) is 0 Å². The van der Waals surface area contributed by atoms with E-state index in [-0.39, 0.29) is 11.1 Å². The molecule has 0 aliphatic rings. The van der Waals surface area contributed by atoms with Crippen LogP contribution in [0.3, 0.4) is 0 Å². The topological polar surface area (TPSA) is 67.9 Å². The van der Waals surface area contributed by atoms with Gasteiger partial charge in [-0.15, -0.1) is 0 Å². The highest BCUT2D eigenvalue weighted by Gasteiger charge is 2.15. The largest absolute Gasteiger partial charge is 0.496 e. The third kappa shape index (κ3) is 3.26. The minimum Gasteiger partial charge on any atom is -0.496 e. The monoisotopic (exact) mass is 311 g/mol. The minimum atomic E-state index is -0.332. The smallest absolute Gasteiger partial charge is 0.285 e. The second-order valence-corrected chi connectivity index (χ2v) is 5.39. The molecule has 0 saturated heterocycles. The van der Waals surface area contributed by atoms with E-state index in [0.29, 0.717) is 19.4 Å². The van der Waals surface area contributed by atoms with Gasteiger partial charge in [-0.1, -0.05) is 26.0 Å². The third-order valence-electron chi connectivity index (χ3n) is 3.94. The predicted molar refractivity (Wildman–Crippen MR) is 88.8 cm³/mol. The summed E-state index contributed by atoms with van der Waals surface area (Å²) in [7, 11) is 1.62. The van der Waals surface area contributed by atoms with Gasteiger partial charge in [-0.3, -0.25) is 4.79 Å². The molecular formula is C18H21N3O2. The Morgan fingerprint density at radius 1 is 1.30 bits per heavy atom. The number of hydrogen-bond donors (Lipinski definition) is 0. The van der Waals surface area contributed by atoms with Crippen molar-refractivity contribution in [2.24, 2.45) is 0 Å². The van der Waals surface area contributed by atoms with E-state index in [1.807, 2.05) is 45.0 Å². The van der Waals surface area contributed by atoms with Crippen LogP contribution in [0.4, 0.5) is 0 Å². The summed E-state index contributed by atoms with van der Waals surface area (Å²) < 4.78 is 6.70. The Bertz CT molecular complexity index is 816. The highest BCUT2D eigenvalue weighted by atomic mass is 16.5. The number of aryl methyl sites for hydroxylation is 2. The van der Waals surface area contributed by atoms with Crippen molar-refractivity contribution >= 4 is 0 Å². The van der Waals surface area contributed by atoms with Crippen molar-refractivity contribution in [3.8, 4) is 11.8 Å². The number of nitrogens with zero attached hydrogens (tertiary/aromatic N) is 3. The van der Waals surface area contributed by atoms with Gasteiger partial charge in [0.15, 0.2) is 0 Å². The summed E-state index contributed by atoms with van der Waals surface area (Å²) in [6.07, 6.45) is 1.32. The van der Waals surface area contributed by atoms with Crippen molar-refractivity contribution in [3.05, 3.63) is 56.5 Å². The van der Waals surface area contributed by atoms with Gasteiger partial charge < -0.3 is 4.74 Å². The molecule has 5 nitrogen and oxygen atoms in total. The zero-order valence-corrected chi connectivity index (χ0v) is 14.0. The molecular weight excluding hydrogens is 290 g/mol.